The van der Waals surface area contributed by atoms with E-state index in [0.717, 1.165) is 16.7 Å². The van der Waals surface area contributed by atoms with Gasteiger partial charge in [-0.2, -0.15) is 0 Å². The van der Waals surface area contributed by atoms with E-state index >= 15 is 0 Å². The Morgan fingerprint density at radius 1 is 0.486 bits per heavy atom. The van der Waals surface area contributed by atoms with Crippen LogP contribution >= 0.6 is 0 Å². The molecular weight excluding hydrogens is 434 g/mol. The molecular formula is C30H30N3O2+3. The van der Waals surface area contributed by atoms with Crippen LogP contribution in [0.2, 0.25) is 0 Å². The smallest absolute Gasteiger partial charge is 0.169 e. The topological polar surface area (TPSA) is 52.1 Å². The van der Waals surface area contributed by atoms with Crippen molar-refractivity contribution < 1.29 is 23.9 Å². The molecule has 2 N–H and O–H groups in total. The van der Waals surface area contributed by atoms with E-state index in [1.165, 1.54) is 0 Å². The summed E-state index contributed by atoms with van der Waals surface area (Å²) in [4.78, 5) is 0. The molecule has 5 nitrogen and oxygen atoms in total. The molecule has 35 heavy (non-hydrogen) atoms. The lowest BCUT2D eigenvalue weighted by Crippen LogP contribution is -2.25. The van der Waals surface area contributed by atoms with Gasteiger partial charge in [-0.15, -0.1) is 0 Å². The second kappa shape index (κ2) is 10.6. The molecule has 0 aliphatic carbocycles. The lowest BCUT2D eigenvalue weighted by molar-refractivity contribution is -0.671. The van der Waals surface area contributed by atoms with Crippen LogP contribution in [-0.4, -0.2) is 10.2 Å². The van der Waals surface area contributed by atoms with Crippen LogP contribution in [0.3, 0.4) is 0 Å². The minimum absolute atomic E-state index is 0.0295. The van der Waals surface area contributed by atoms with Gasteiger partial charge in [0.2, 0.25) is 0 Å². The summed E-state index contributed by atoms with van der Waals surface area (Å²) in [7, 11) is 5.89. The molecule has 0 bridgehead atoms. The molecule has 0 radical (unpaired) electrons. The fraction of sp³-hybridized carbons (Fsp3) is 0.100. The number of phenols is 2. The third-order valence-electron chi connectivity index (χ3n) is 5.73. The van der Waals surface area contributed by atoms with Gasteiger partial charge in [0.25, 0.3) is 0 Å². The zero-order valence-electron chi connectivity index (χ0n) is 20.2. The molecule has 0 saturated carbocycles. The maximum Gasteiger partial charge on any atom is 0.169 e. The highest BCUT2D eigenvalue weighted by Crippen LogP contribution is 2.37. The van der Waals surface area contributed by atoms with Crippen molar-refractivity contribution in [2.75, 3.05) is 0 Å². The molecule has 4 rings (SSSR count). The molecule has 0 saturated heterocycles. The van der Waals surface area contributed by atoms with Crippen molar-refractivity contribution in [3.8, 4) is 11.5 Å². The minimum atomic E-state index is 0.0295. The van der Waals surface area contributed by atoms with Crippen LogP contribution in [0.15, 0.2) is 79.6 Å². The maximum absolute atomic E-state index is 11.1. The number of aryl methyl sites for hydroxylation is 3. The Kier molecular flexibility index (Phi) is 7.17. The summed E-state index contributed by atoms with van der Waals surface area (Å²) >= 11 is 0. The Labute approximate surface area is 206 Å². The largest absolute Gasteiger partial charge is 0.507 e. The van der Waals surface area contributed by atoms with Gasteiger partial charge in [0.1, 0.15) is 32.6 Å². The summed E-state index contributed by atoms with van der Waals surface area (Å²) in [5.41, 5.74) is 4.61. The highest BCUT2D eigenvalue weighted by molar-refractivity contribution is 5.86. The molecule has 0 fully saturated rings. The van der Waals surface area contributed by atoms with Crippen molar-refractivity contribution in [3.05, 3.63) is 113 Å². The number of pyridine rings is 3. The summed E-state index contributed by atoms with van der Waals surface area (Å²) in [6.45, 7) is 0. The molecule has 3 heterocycles. The lowest BCUT2D eigenvalue weighted by Gasteiger charge is -2.10. The average Bonchev–Trinajstić information content (AvgIpc) is 2.86. The maximum atomic E-state index is 11.1. The van der Waals surface area contributed by atoms with Crippen LogP contribution in [0, 0.1) is 0 Å². The van der Waals surface area contributed by atoms with Crippen molar-refractivity contribution in [2.24, 2.45) is 21.1 Å². The third-order valence-corrected chi connectivity index (χ3v) is 5.73. The standard InChI is InChI=1S/C30H28N3O2/c1-31-16-10-23(11-17-31)4-7-26-22-27(8-5-24-12-18-32(2)19-13-24)30(35)28(29(26)34)9-6-25-14-20-33(3)21-15-25/h4-22H,1-3H3/q+1/p+2. The number of nitrogens with zero attached hydrogens (tertiary/aromatic N) is 3. The van der Waals surface area contributed by atoms with Crippen molar-refractivity contribution in [1.82, 2.24) is 0 Å². The molecule has 0 atom stereocenters. The first-order valence-corrected chi connectivity index (χ1v) is 11.4. The summed E-state index contributed by atoms with van der Waals surface area (Å²) < 4.78 is 5.89. The van der Waals surface area contributed by atoms with Gasteiger partial charge < -0.3 is 10.2 Å². The van der Waals surface area contributed by atoms with Gasteiger partial charge in [0.15, 0.2) is 37.2 Å². The number of aromatic nitrogens is 3. The summed E-state index contributed by atoms with van der Waals surface area (Å²) in [5, 5.41) is 22.1. The van der Waals surface area contributed by atoms with Gasteiger partial charge in [-0.05, 0) is 28.8 Å². The van der Waals surface area contributed by atoms with Crippen molar-refractivity contribution >= 4 is 36.5 Å². The second-order valence-electron chi connectivity index (χ2n) is 8.56. The first-order valence-electron chi connectivity index (χ1n) is 11.4. The summed E-state index contributed by atoms with van der Waals surface area (Å²) in [6.07, 6.45) is 23.0. The number of phenolic OH excluding ortho intramolecular Hbond substituents is 2. The average molecular weight is 465 g/mol. The molecule has 0 amide bonds. The van der Waals surface area contributed by atoms with E-state index in [2.05, 4.69) is 0 Å². The van der Waals surface area contributed by atoms with Crippen LogP contribution in [-0.2, 0) is 21.1 Å². The van der Waals surface area contributed by atoms with E-state index in [1.54, 1.807) is 12.1 Å². The fourth-order valence-corrected chi connectivity index (χ4v) is 3.56. The zero-order chi connectivity index (χ0) is 24.8. The van der Waals surface area contributed by atoms with E-state index in [9.17, 15) is 10.2 Å². The summed E-state index contributed by atoms with van der Waals surface area (Å²) in [6, 6.07) is 13.7. The van der Waals surface area contributed by atoms with Gasteiger partial charge in [-0.25, -0.2) is 13.7 Å². The molecule has 0 unspecified atom stereocenters. The molecule has 174 valence electrons. The number of hydrogen-bond acceptors (Lipinski definition) is 2. The molecule has 0 spiro atoms. The molecule has 0 aliphatic rings. The fourth-order valence-electron chi connectivity index (χ4n) is 3.56. The molecule has 0 aliphatic heterocycles. The Bertz CT molecular complexity index is 1320. The molecule has 3 aromatic heterocycles. The third kappa shape index (κ3) is 6.09. The van der Waals surface area contributed by atoms with E-state index in [4.69, 9.17) is 0 Å². The quantitative estimate of drug-likeness (QED) is 0.423. The molecule has 5 heteroatoms. The van der Waals surface area contributed by atoms with Gasteiger partial charge in [-0.3, -0.25) is 0 Å². The first-order chi connectivity index (χ1) is 16.9. The number of aromatic hydroxyl groups is 2. The monoisotopic (exact) mass is 464 g/mol. The SMILES string of the molecule is C[n+]1ccc(/C=C/c2cc(/C=C/c3cc[n+](C)cc3)c(O)c(/C=C/c3cc[n+](C)cc3)c2O)cc1. The number of hydrogen-bond donors (Lipinski definition) is 2. The van der Waals surface area contributed by atoms with Crippen molar-refractivity contribution in [1.29, 1.82) is 0 Å². The zero-order valence-corrected chi connectivity index (χ0v) is 20.2. The Morgan fingerprint density at radius 3 is 1.14 bits per heavy atom. The highest BCUT2D eigenvalue weighted by Gasteiger charge is 2.13. The second-order valence-corrected chi connectivity index (χ2v) is 8.56. The van der Waals surface area contributed by atoms with Crippen LogP contribution in [0.1, 0.15) is 33.4 Å². The van der Waals surface area contributed by atoms with Crippen LogP contribution < -0.4 is 13.7 Å². The van der Waals surface area contributed by atoms with Gasteiger partial charge in [0, 0.05) is 47.5 Å². The first kappa shape index (κ1) is 23.6. The van der Waals surface area contributed by atoms with Crippen LogP contribution in [0.25, 0.3) is 36.5 Å². The van der Waals surface area contributed by atoms with E-state index in [1.807, 2.05) is 139 Å². The Balaban J connectivity index is 1.75. The number of benzene rings is 1. The van der Waals surface area contributed by atoms with Gasteiger partial charge in [0.05, 0.1) is 5.56 Å². The lowest BCUT2D eigenvalue weighted by atomic mass is 9.99. The van der Waals surface area contributed by atoms with Gasteiger partial charge in [-0.1, -0.05) is 30.4 Å². The summed E-state index contributed by atoms with van der Waals surface area (Å²) in [5.74, 6) is 0.0590. The van der Waals surface area contributed by atoms with E-state index in [-0.39, 0.29) is 11.5 Å². The van der Waals surface area contributed by atoms with Crippen molar-refractivity contribution in [2.45, 2.75) is 0 Å². The normalized spacial score (nSPS) is 11.7. The number of rotatable bonds is 6. The Hall–Kier alpha value is -4.51. The van der Waals surface area contributed by atoms with Crippen molar-refractivity contribution in [3.63, 3.8) is 0 Å². The predicted octanol–water partition coefficient (Wildman–Crippen LogP) is 4.08. The van der Waals surface area contributed by atoms with E-state index < -0.39 is 0 Å². The van der Waals surface area contributed by atoms with E-state index in [0.29, 0.717) is 16.7 Å². The molecule has 1 aromatic carbocycles. The molecule has 4 aromatic rings. The predicted molar refractivity (Wildman–Crippen MR) is 139 cm³/mol. The highest BCUT2D eigenvalue weighted by atomic mass is 16.3. The van der Waals surface area contributed by atoms with Crippen LogP contribution in [0.5, 0.6) is 11.5 Å². The minimum Gasteiger partial charge on any atom is -0.507 e. The van der Waals surface area contributed by atoms with Gasteiger partial charge >= 0.3 is 0 Å². The van der Waals surface area contributed by atoms with Crippen LogP contribution in [0.4, 0.5) is 0 Å². The Morgan fingerprint density at radius 2 is 0.800 bits per heavy atom.